The molecule has 1 aromatic carbocycles. The monoisotopic (exact) mass is 399 g/mol. The smallest absolute Gasteiger partial charge is 0.405 e. The molecule has 1 aromatic heterocycles. The normalized spacial score (nSPS) is 12.5. The van der Waals surface area contributed by atoms with Gasteiger partial charge in [-0.05, 0) is 24.1 Å². The second kappa shape index (κ2) is 9.71. The van der Waals surface area contributed by atoms with Crippen molar-refractivity contribution in [1.82, 2.24) is 10.3 Å². The molecular weight excluding hydrogens is 378 g/mol. The lowest BCUT2D eigenvalue weighted by atomic mass is 9.99. The Kier molecular flexibility index (Phi) is 7.35. The Bertz CT molecular complexity index is 898. The van der Waals surface area contributed by atoms with E-state index in [1.165, 1.54) is 6.20 Å². The fraction of sp³-hybridized carbons (Fsp3) is 0.190. The van der Waals surface area contributed by atoms with E-state index in [2.05, 4.69) is 28.8 Å². The van der Waals surface area contributed by atoms with Crippen molar-refractivity contribution in [2.24, 2.45) is 5.92 Å². The van der Waals surface area contributed by atoms with Gasteiger partial charge in [0.15, 0.2) is 0 Å². The number of carbonyl (C=O) groups is 2. The predicted molar refractivity (Wildman–Crippen MR) is 111 cm³/mol. The lowest BCUT2D eigenvalue weighted by Gasteiger charge is -2.17. The van der Waals surface area contributed by atoms with Crippen LogP contribution in [0.4, 0.5) is 10.5 Å². The van der Waals surface area contributed by atoms with Gasteiger partial charge in [0.25, 0.3) is 0 Å². The summed E-state index contributed by atoms with van der Waals surface area (Å²) in [6, 6.07) is 8.47. The van der Waals surface area contributed by atoms with Gasteiger partial charge >= 0.3 is 6.09 Å². The van der Waals surface area contributed by atoms with E-state index in [1.54, 1.807) is 31.2 Å². The molecule has 0 spiro atoms. The minimum absolute atomic E-state index is 0.228. The summed E-state index contributed by atoms with van der Waals surface area (Å²) in [5.74, 6) is -0.608. The molecule has 0 fully saturated rings. The first kappa shape index (κ1) is 21.2. The number of pyridine rings is 1. The first-order chi connectivity index (χ1) is 13.3. The summed E-state index contributed by atoms with van der Waals surface area (Å²) >= 11 is 6.06. The second-order valence-electron chi connectivity index (χ2n) is 6.22. The van der Waals surface area contributed by atoms with Crippen LogP contribution < -0.4 is 10.6 Å². The van der Waals surface area contributed by atoms with Crippen LogP contribution in [0, 0.1) is 5.92 Å². The molecule has 0 aliphatic rings. The molecule has 0 unspecified atom stereocenters. The van der Waals surface area contributed by atoms with E-state index < -0.39 is 12.1 Å². The molecule has 28 heavy (non-hydrogen) atoms. The van der Waals surface area contributed by atoms with E-state index in [-0.39, 0.29) is 11.8 Å². The second-order valence-corrected chi connectivity index (χ2v) is 6.65. The molecule has 7 heteroatoms. The fourth-order valence-corrected chi connectivity index (χ4v) is 2.77. The zero-order valence-corrected chi connectivity index (χ0v) is 16.2. The highest BCUT2D eigenvalue weighted by molar-refractivity contribution is 6.31. The van der Waals surface area contributed by atoms with Crippen molar-refractivity contribution >= 4 is 29.3 Å². The van der Waals surface area contributed by atoms with Crippen LogP contribution in [0.2, 0.25) is 5.02 Å². The van der Waals surface area contributed by atoms with Crippen molar-refractivity contribution in [3.05, 3.63) is 72.4 Å². The average Bonchev–Trinajstić information content (AvgIpc) is 2.67. The largest absolute Gasteiger partial charge is 0.465 e. The number of halogens is 1. The van der Waals surface area contributed by atoms with Crippen LogP contribution in [-0.2, 0) is 4.79 Å². The summed E-state index contributed by atoms with van der Waals surface area (Å²) in [4.78, 5) is 27.7. The maximum atomic E-state index is 12.3. The fourth-order valence-electron chi connectivity index (χ4n) is 2.61. The van der Waals surface area contributed by atoms with Crippen molar-refractivity contribution in [2.45, 2.75) is 19.4 Å². The van der Waals surface area contributed by atoms with Crippen molar-refractivity contribution in [3.63, 3.8) is 0 Å². The molecule has 0 aliphatic carbocycles. The molecule has 2 atom stereocenters. The number of anilines is 1. The Hall–Kier alpha value is -3.12. The van der Waals surface area contributed by atoms with E-state index in [4.69, 9.17) is 16.7 Å². The molecule has 6 nitrogen and oxygen atoms in total. The van der Waals surface area contributed by atoms with Gasteiger partial charge in [-0.25, -0.2) is 4.79 Å². The maximum absolute atomic E-state index is 12.3. The summed E-state index contributed by atoms with van der Waals surface area (Å²) in [6.45, 7) is 9.04. The Balaban J connectivity index is 2.44. The number of nitrogens with zero attached hydrogens (tertiary/aromatic N) is 1. The molecule has 2 amide bonds. The third kappa shape index (κ3) is 5.44. The average molecular weight is 400 g/mol. The van der Waals surface area contributed by atoms with Crippen molar-refractivity contribution < 1.29 is 14.7 Å². The van der Waals surface area contributed by atoms with Gasteiger partial charge in [0.05, 0.1) is 28.4 Å². The van der Waals surface area contributed by atoms with Gasteiger partial charge in [-0.2, -0.15) is 0 Å². The van der Waals surface area contributed by atoms with E-state index in [9.17, 15) is 9.59 Å². The van der Waals surface area contributed by atoms with E-state index >= 15 is 0 Å². The zero-order valence-electron chi connectivity index (χ0n) is 15.5. The number of hydrogen-bond acceptors (Lipinski definition) is 3. The number of carbonyl (C=O) groups excluding carboxylic acids is 1. The van der Waals surface area contributed by atoms with Gasteiger partial charge in [0, 0.05) is 11.8 Å². The molecule has 0 saturated heterocycles. The predicted octanol–water partition coefficient (Wildman–Crippen LogP) is 5.05. The summed E-state index contributed by atoms with van der Waals surface area (Å²) in [5.41, 5.74) is 2.48. The van der Waals surface area contributed by atoms with Crippen LogP contribution >= 0.6 is 11.6 Å². The van der Waals surface area contributed by atoms with Crippen molar-refractivity contribution in [1.29, 1.82) is 0 Å². The summed E-state index contributed by atoms with van der Waals surface area (Å²) < 4.78 is 0. The molecule has 0 radical (unpaired) electrons. The van der Waals surface area contributed by atoms with Gasteiger partial charge in [-0.3, -0.25) is 9.78 Å². The van der Waals surface area contributed by atoms with Crippen LogP contribution in [-0.4, -0.2) is 22.1 Å². The molecule has 146 valence electrons. The van der Waals surface area contributed by atoms with Gasteiger partial charge in [-0.1, -0.05) is 48.9 Å². The third-order valence-corrected chi connectivity index (χ3v) is 4.35. The highest BCUT2D eigenvalue weighted by Crippen LogP contribution is 2.31. The van der Waals surface area contributed by atoms with E-state index in [0.29, 0.717) is 22.8 Å². The van der Waals surface area contributed by atoms with Crippen LogP contribution in [0.15, 0.2) is 61.8 Å². The van der Waals surface area contributed by atoms with Gasteiger partial charge in [0.1, 0.15) is 0 Å². The van der Waals surface area contributed by atoms with Crippen LogP contribution in [0.25, 0.3) is 11.3 Å². The van der Waals surface area contributed by atoms with Crippen LogP contribution in [0.1, 0.15) is 24.9 Å². The third-order valence-electron chi connectivity index (χ3n) is 4.14. The number of hydrogen-bond donors (Lipinski definition) is 3. The molecular formula is C21H22ClN3O3. The first-order valence-corrected chi connectivity index (χ1v) is 9.03. The molecule has 2 rings (SSSR count). The SMILES string of the molecule is C=CC[C@H](NC(=O)O)c1cccc(-c2ncc(Cl)cc2NC(=O)[C@H](C)C=C)c1. The number of carboxylic acid groups (broad SMARTS) is 1. The van der Waals surface area contributed by atoms with Gasteiger partial charge in [-0.15, -0.1) is 13.2 Å². The standard InChI is InChI=1S/C21H22ClN3O3/c1-4-7-17(25-21(27)28)14-8-6-9-15(10-14)19-18(11-16(22)12-23-19)24-20(26)13(3)5-2/h4-6,8-13,17,25H,1-2,7H2,3H3,(H,24,26)(H,27,28)/t13-,17+/m1/s1. The minimum Gasteiger partial charge on any atom is -0.465 e. The summed E-state index contributed by atoms with van der Waals surface area (Å²) in [6.07, 6.45) is 4.01. The molecule has 3 N–H and O–H groups in total. The lowest BCUT2D eigenvalue weighted by molar-refractivity contribution is -0.118. The number of aromatic nitrogens is 1. The van der Waals surface area contributed by atoms with Crippen LogP contribution in [0.5, 0.6) is 0 Å². The van der Waals surface area contributed by atoms with Gasteiger partial charge in [0.2, 0.25) is 5.91 Å². The zero-order chi connectivity index (χ0) is 20.7. The number of rotatable bonds is 8. The minimum atomic E-state index is -1.12. The Labute approximate surface area is 168 Å². The highest BCUT2D eigenvalue weighted by Gasteiger charge is 2.17. The molecule has 0 saturated carbocycles. The molecule has 2 aromatic rings. The number of nitrogens with one attached hydrogen (secondary N) is 2. The molecule has 1 heterocycles. The topological polar surface area (TPSA) is 91.3 Å². The summed E-state index contributed by atoms with van der Waals surface area (Å²) in [7, 11) is 0. The van der Waals surface area contributed by atoms with Crippen molar-refractivity contribution in [3.8, 4) is 11.3 Å². The Morgan fingerprint density at radius 1 is 1.32 bits per heavy atom. The Morgan fingerprint density at radius 3 is 2.71 bits per heavy atom. The highest BCUT2D eigenvalue weighted by atomic mass is 35.5. The summed E-state index contributed by atoms with van der Waals surface area (Å²) in [5, 5.41) is 14.8. The van der Waals surface area contributed by atoms with E-state index in [0.717, 1.165) is 11.1 Å². The number of amides is 2. The first-order valence-electron chi connectivity index (χ1n) is 8.65. The van der Waals surface area contributed by atoms with Gasteiger partial charge < -0.3 is 15.7 Å². The van der Waals surface area contributed by atoms with Crippen LogP contribution in [0.3, 0.4) is 0 Å². The van der Waals surface area contributed by atoms with E-state index in [1.807, 2.05) is 18.2 Å². The quantitative estimate of drug-likeness (QED) is 0.542. The lowest BCUT2D eigenvalue weighted by Crippen LogP contribution is -2.26. The Morgan fingerprint density at radius 2 is 2.07 bits per heavy atom. The maximum Gasteiger partial charge on any atom is 0.405 e. The molecule has 0 bridgehead atoms. The number of benzene rings is 1. The molecule has 0 aliphatic heterocycles. The van der Waals surface area contributed by atoms with Crippen molar-refractivity contribution in [2.75, 3.05) is 5.32 Å².